The minimum Gasteiger partial charge on any atom is -0.382 e. The molecule has 19 heavy (non-hydrogen) atoms. The van der Waals surface area contributed by atoms with Crippen molar-refractivity contribution in [3.8, 4) is 0 Å². The fourth-order valence-electron chi connectivity index (χ4n) is 1.77. The Morgan fingerprint density at radius 2 is 2.21 bits per heavy atom. The number of ether oxygens (including phenoxy) is 2. The molecule has 0 amide bonds. The zero-order chi connectivity index (χ0) is 13.7. The number of rotatable bonds is 7. The van der Waals surface area contributed by atoms with E-state index in [9.17, 15) is 0 Å². The number of aromatic nitrogens is 3. The number of imidazole rings is 1. The molecule has 0 aliphatic heterocycles. The summed E-state index contributed by atoms with van der Waals surface area (Å²) in [6.07, 6.45) is 1.75. The van der Waals surface area contributed by atoms with Gasteiger partial charge in [-0.1, -0.05) is 0 Å². The number of alkyl halides is 1. The molecular weight excluding hydrogens is 334 g/mol. The third-order valence-electron chi connectivity index (χ3n) is 2.64. The lowest BCUT2D eigenvalue weighted by Crippen LogP contribution is -2.11. The Kier molecular flexibility index (Phi) is 5.57. The first kappa shape index (κ1) is 14.7. The molecule has 0 bridgehead atoms. The van der Waals surface area contributed by atoms with Crippen molar-refractivity contribution in [2.24, 2.45) is 0 Å². The van der Waals surface area contributed by atoms with Crippen LogP contribution in [0.1, 0.15) is 5.82 Å². The Labute approximate surface area is 125 Å². The van der Waals surface area contributed by atoms with Crippen LogP contribution in [0.4, 0.5) is 0 Å². The molecule has 2 aromatic rings. The summed E-state index contributed by atoms with van der Waals surface area (Å²) in [6, 6.07) is 1.93. The molecule has 2 rings (SSSR count). The van der Waals surface area contributed by atoms with Gasteiger partial charge in [-0.2, -0.15) is 0 Å². The van der Waals surface area contributed by atoms with E-state index in [-0.39, 0.29) is 0 Å². The van der Waals surface area contributed by atoms with Crippen LogP contribution in [0.5, 0.6) is 0 Å². The summed E-state index contributed by atoms with van der Waals surface area (Å²) in [7, 11) is 1.65. The second kappa shape index (κ2) is 7.19. The maximum atomic E-state index is 5.92. The van der Waals surface area contributed by atoms with Crippen molar-refractivity contribution in [3.05, 3.63) is 22.6 Å². The maximum absolute atomic E-state index is 5.92. The second-order valence-corrected chi connectivity index (χ2v) is 5.10. The Morgan fingerprint density at radius 3 is 2.95 bits per heavy atom. The quantitative estimate of drug-likeness (QED) is 0.570. The van der Waals surface area contributed by atoms with Crippen LogP contribution >= 0.6 is 27.5 Å². The van der Waals surface area contributed by atoms with E-state index in [0.29, 0.717) is 32.2 Å². The van der Waals surface area contributed by atoms with Crippen LogP contribution in [0.2, 0.25) is 0 Å². The summed E-state index contributed by atoms with van der Waals surface area (Å²) in [4.78, 5) is 8.84. The first-order valence-corrected chi connectivity index (χ1v) is 7.22. The Morgan fingerprint density at radius 1 is 1.37 bits per heavy atom. The smallest absolute Gasteiger partial charge is 0.160 e. The lowest BCUT2D eigenvalue weighted by Gasteiger charge is -2.07. The molecule has 2 heterocycles. The molecule has 0 aliphatic rings. The zero-order valence-electron chi connectivity index (χ0n) is 10.6. The van der Waals surface area contributed by atoms with Crippen LogP contribution in [0.15, 0.2) is 16.7 Å². The average Bonchev–Trinajstić information content (AvgIpc) is 2.75. The number of methoxy groups -OCH3 is 1. The van der Waals surface area contributed by atoms with E-state index >= 15 is 0 Å². The van der Waals surface area contributed by atoms with Gasteiger partial charge in [0.1, 0.15) is 11.3 Å². The fraction of sp³-hybridized carbons (Fsp3) is 0.500. The third-order valence-corrected chi connectivity index (χ3v) is 3.31. The molecule has 0 aromatic carbocycles. The highest BCUT2D eigenvalue weighted by Crippen LogP contribution is 2.19. The van der Waals surface area contributed by atoms with Gasteiger partial charge in [-0.05, 0) is 22.0 Å². The van der Waals surface area contributed by atoms with E-state index in [1.807, 2.05) is 10.6 Å². The van der Waals surface area contributed by atoms with Crippen molar-refractivity contribution >= 4 is 38.7 Å². The molecule has 0 spiro atoms. The van der Waals surface area contributed by atoms with Gasteiger partial charge in [-0.25, -0.2) is 9.97 Å². The number of fused-ring (bicyclic) bond motifs is 1. The average molecular weight is 349 g/mol. The first-order valence-electron chi connectivity index (χ1n) is 5.89. The number of hydrogen-bond acceptors (Lipinski definition) is 4. The van der Waals surface area contributed by atoms with Crippen LogP contribution in [-0.4, -0.2) is 41.5 Å². The summed E-state index contributed by atoms with van der Waals surface area (Å²) < 4.78 is 13.3. The molecule has 0 fully saturated rings. The van der Waals surface area contributed by atoms with Gasteiger partial charge < -0.3 is 14.0 Å². The molecule has 0 radical (unpaired) electrons. The highest BCUT2D eigenvalue weighted by molar-refractivity contribution is 9.10. The molecule has 0 saturated carbocycles. The van der Waals surface area contributed by atoms with Crippen LogP contribution in [0.3, 0.4) is 0 Å². The van der Waals surface area contributed by atoms with E-state index in [1.165, 1.54) is 0 Å². The minimum absolute atomic E-state index is 0.353. The van der Waals surface area contributed by atoms with Gasteiger partial charge in [0, 0.05) is 24.3 Å². The maximum Gasteiger partial charge on any atom is 0.160 e. The Balaban J connectivity index is 2.11. The summed E-state index contributed by atoms with van der Waals surface area (Å²) in [5, 5.41) is 0. The summed E-state index contributed by atoms with van der Waals surface area (Å²) >= 11 is 9.31. The molecule has 5 nitrogen and oxygen atoms in total. The van der Waals surface area contributed by atoms with Crippen LogP contribution < -0.4 is 0 Å². The van der Waals surface area contributed by atoms with Gasteiger partial charge in [0.25, 0.3) is 0 Å². The molecular formula is C12H15BrClN3O2. The highest BCUT2D eigenvalue weighted by atomic mass is 79.9. The van der Waals surface area contributed by atoms with Crippen LogP contribution in [0.25, 0.3) is 11.2 Å². The Hall–Kier alpha value is -0.690. The van der Waals surface area contributed by atoms with Gasteiger partial charge in [-0.3, -0.25) is 0 Å². The number of pyridine rings is 1. The topological polar surface area (TPSA) is 49.2 Å². The predicted octanol–water partition coefficient (Wildman–Crippen LogP) is 2.60. The van der Waals surface area contributed by atoms with Crippen molar-refractivity contribution in [2.75, 3.05) is 26.9 Å². The minimum atomic E-state index is 0.353. The van der Waals surface area contributed by atoms with Crippen molar-refractivity contribution < 1.29 is 9.47 Å². The van der Waals surface area contributed by atoms with Crippen LogP contribution in [0, 0.1) is 0 Å². The van der Waals surface area contributed by atoms with Crippen molar-refractivity contribution in [3.63, 3.8) is 0 Å². The summed E-state index contributed by atoms with van der Waals surface area (Å²) in [6.45, 7) is 2.43. The standard InChI is InChI=1S/C12H15BrClN3O2/c1-18-4-5-19-3-2-17-11(7-14)16-10-6-9(13)8-15-12(10)17/h6,8H,2-5,7H2,1H3. The van der Waals surface area contributed by atoms with Crippen molar-refractivity contribution in [2.45, 2.75) is 12.4 Å². The highest BCUT2D eigenvalue weighted by Gasteiger charge is 2.11. The predicted molar refractivity (Wildman–Crippen MR) is 77.5 cm³/mol. The summed E-state index contributed by atoms with van der Waals surface area (Å²) in [5.74, 6) is 1.16. The molecule has 7 heteroatoms. The van der Waals surface area contributed by atoms with E-state index in [2.05, 4.69) is 25.9 Å². The molecule has 0 unspecified atom stereocenters. The lowest BCUT2D eigenvalue weighted by atomic mass is 10.4. The van der Waals surface area contributed by atoms with Crippen LogP contribution in [-0.2, 0) is 21.9 Å². The molecule has 0 saturated heterocycles. The van der Waals surface area contributed by atoms with E-state index in [1.54, 1.807) is 13.3 Å². The van der Waals surface area contributed by atoms with E-state index in [0.717, 1.165) is 21.5 Å². The number of halogens is 2. The largest absolute Gasteiger partial charge is 0.382 e. The third kappa shape index (κ3) is 3.66. The fourth-order valence-corrected chi connectivity index (χ4v) is 2.29. The van der Waals surface area contributed by atoms with Crippen molar-refractivity contribution in [1.29, 1.82) is 0 Å². The SMILES string of the molecule is COCCOCCn1c(CCl)nc2cc(Br)cnc21. The summed E-state index contributed by atoms with van der Waals surface area (Å²) in [5.41, 5.74) is 1.66. The first-order chi connectivity index (χ1) is 9.26. The van der Waals surface area contributed by atoms with Gasteiger partial charge in [0.15, 0.2) is 5.65 Å². The van der Waals surface area contributed by atoms with Gasteiger partial charge in [0.2, 0.25) is 0 Å². The molecule has 0 atom stereocenters. The van der Waals surface area contributed by atoms with E-state index < -0.39 is 0 Å². The van der Waals surface area contributed by atoms with Gasteiger partial charge in [0.05, 0.1) is 25.7 Å². The molecule has 0 N–H and O–H groups in total. The molecule has 2 aromatic heterocycles. The second-order valence-electron chi connectivity index (χ2n) is 3.91. The zero-order valence-corrected chi connectivity index (χ0v) is 12.9. The number of nitrogens with zero attached hydrogens (tertiary/aromatic N) is 3. The molecule has 104 valence electrons. The molecule has 0 aliphatic carbocycles. The van der Waals surface area contributed by atoms with Crippen molar-refractivity contribution in [1.82, 2.24) is 14.5 Å². The normalized spacial score (nSPS) is 11.3. The lowest BCUT2D eigenvalue weighted by molar-refractivity contribution is 0.0667. The van der Waals surface area contributed by atoms with E-state index in [4.69, 9.17) is 21.1 Å². The number of hydrogen-bond donors (Lipinski definition) is 0. The van der Waals surface area contributed by atoms with Gasteiger partial charge in [-0.15, -0.1) is 11.6 Å². The monoisotopic (exact) mass is 347 g/mol. The Bertz CT molecular complexity index is 547. The van der Waals surface area contributed by atoms with Gasteiger partial charge >= 0.3 is 0 Å².